The van der Waals surface area contributed by atoms with Crippen LogP contribution < -0.4 is 16.0 Å². The van der Waals surface area contributed by atoms with Crippen molar-refractivity contribution in [1.29, 1.82) is 0 Å². The molecule has 0 spiro atoms. The Hall–Kier alpha value is -0.240. The van der Waals surface area contributed by atoms with Gasteiger partial charge in [-0.15, -0.1) is 0 Å². The van der Waals surface area contributed by atoms with Gasteiger partial charge < -0.3 is 30.2 Å². The Morgan fingerprint density at radius 1 is 0.389 bits per heavy atom. The molecule has 6 heteroatoms. The van der Waals surface area contributed by atoms with E-state index in [2.05, 4.69) is 99.0 Å². The van der Waals surface area contributed by atoms with Crippen molar-refractivity contribution < 1.29 is 14.2 Å². The standard InChI is InChI=1S/C16H35NO2.C14H32N2O/c1-15(2,3)17-11-7-8-12-18-13-9-10-14-19-16(4,5)6;1-13(2,3)15-9-7-8-11-17-12-10-16-14(4,5)6/h17H,7-14H2,1-6H3;15-16H,7-12H2,1-6H3. The van der Waals surface area contributed by atoms with Crippen molar-refractivity contribution in [3.8, 4) is 0 Å². The minimum atomic E-state index is -0.0130. The largest absolute Gasteiger partial charge is 0.381 e. The minimum absolute atomic E-state index is 0.0130. The molecule has 0 rings (SSSR count). The first-order chi connectivity index (χ1) is 16.4. The average Bonchev–Trinajstić information content (AvgIpc) is 2.68. The number of ether oxygens (including phenoxy) is 3. The van der Waals surface area contributed by atoms with Crippen LogP contribution in [0.4, 0.5) is 0 Å². The molecule has 0 aliphatic heterocycles. The molecular weight excluding hydrogens is 450 g/mol. The van der Waals surface area contributed by atoms with Crippen molar-refractivity contribution in [2.24, 2.45) is 0 Å². The summed E-state index contributed by atoms with van der Waals surface area (Å²) in [6.45, 7) is 33.3. The topological polar surface area (TPSA) is 63.8 Å². The maximum atomic E-state index is 5.66. The molecule has 0 aromatic carbocycles. The molecule has 0 saturated carbocycles. The van der Waals surface area contributed by atoms with E-state index in [1.165, 1.54) is 12.8 Å². The van der Waals surface area contributed by atoms with E-state index in [4.69, 9.17) is 14.2 Å². The second-order valence-corrected chi connectivity index (χ2v) is 13.8. The van der Waals surface area contributed by atoms with Gasteiger partial charge in [0.1, 0.15) is 0 Å². The number of hydrogen-bond donors (Lipinski definition) is 3. The molecule has 0 unspecified atom stereocenters. The molecule has 0 heterocycles. The molecule has 0 amide bonds. The number of rotatable bonds is 18. The lowest BCUT2D eigenvalue weighted by Crippen LogP contribution is -2.38. The molecule has 3 N–H and O–H groups in total. The summed E-state index contributed by atoms with van der Waals surface area (Å²) in [6, 6.07) is 0. The molecule has 0 atom stereocenters. The normalized spacial score (nSPS) is 13.0. The Morgan fingerprint density at radius 2 is 0.722 bits per heavy atom. The highest BCUT2D eigenvalue weighted by Gasteiger charge is 2.10. The Labute approximate surface area is 226 Å². The summed E-state index contributed by atoms with van der Waals surface area (Å²) in [7, 11) is 0. The maximum Gasteiger partial charge on any atom is 0.0598 e. The zero-order valence-corrected chi connectivity index (χ0v) is 26.6. The van der Waals surface area contributed by atoms with Crippen LogP contribution in [0.15, 0.2) is 0 Å². The van der Waals surface area contributed by atoms with Gasteiger partial charge in [0.05, 0.1) is 12.2 Å². The SMILES string of the molecule is CC(C)(C)NCCCCOCCCCOC(C)(C)C.CC(C)(C)NCCCCOCCNC(C)(C)C. The molecule has 0 aromatic heterocycles. The monoisotopic (exact) mass is 518 g/mol. The highest BCUT2D eigenvalue weighted by Crippen LogP contribution is 2.07. The minimum Gasteiger partial charge on any atom is -0.381 e. The molecule has 0 fully saturated rings. The third kappa shape index (κ3) is 40.9. The number of hydrogen-bond acceptors (Lipinski definition) is 6. The summed E-state index contributed by atoms with van der Waals surface area (Å²) in [4.78, 5) is 0. The van der Waals surface area contributed by atoms with Crippen molar-refractivity contribution in [2.75, 3.05) is 52.7 Å². The Bertz CT molecular complexity index is 430. The van der Waals surface area contributed by atoms with Crippen LogP contribution in [0.3, 0.4) is 0 Å². The predicted molar refractivity (Wildman–Crippen MR) is 158 cm³/mol. The summed E-state index contributed by atoms with van der Waals surface area (Å²) < 4.78 is 16.8. The van der Waals surface area contributed by atoms with Crippen LogP contribution in [-0.4, -0.2) is 74.9 Å². The maximum absolute atomic E-state index is 5.66. The Kier molecular flexibility index (Phi) is 21.8. The van der Waals surface area contributed by atoms with E-state index in [1.807, 2.05) is 0 Å². The van der Waals surface area contributed by atoms with Gasteiger partial charge in [-0.1, -0.05) is 0 Å². The van der Waals surface area contributed by atoms with Crippen molar-refractivity contribution >= 4 is 0 Å². The van der Waals surface area contributed by atoms with Crippen molar-refractivity contribution in [3.05, 3.63) is 0 Å². The third-order valence-corrected chi connectivity index (χ3v) is 4.86. The van der Waals surface area contributed by atoms with Crippen LogP contribution in [0.5, 0.6) is 0 Å². The Balaban J connectivity index is 0. The van der Waals surface area contributed by atoms with Crippen LogP contribution in [0.2, 0.25) is 0 Å². The smallest absolute Gasteiger partial charge is 0.0598 e. The molecular formula is C30H67N3O3. The van der Waals surface area contributed by atoms with Gasteiger partial charge >= 0.3 is 0 Å². The van der Waals surface area contributed by atoms with Gasteiger partial charge in [-0.25, -0.2) is 0 Å². The third-order valence-electron chi connectivity index (χ3n) is 4.86. The van der Waals surface area contributed by atoms with Crippen LogP contribution in [0.1, 0.15) is 122 Å². The van der Waals surface area contributed by atoms with Crippen LogP contribution in [0, 0.1) is 0 Å². The fraction of sp³-hybridized carbons (Fsp3) is 1.00. The average molecular weight is 518 g/mol. The van der Waals surface area contributed by atoms with Gasteiger partial charge in [-0.2, -0.15) is 0 Å². The lowest BCUT2D eigenvalue weighted by atomic mass is 10.1. The zero-order chi connectivity index (χ0) is 28.1. The van der Waals surface area contributed by atoms with Gasteiger partial charge in [0, 0.05) is 49.6 Å². The number of nitrogens with one attached hydrogen (secondary N) is 3. The lowest BCUT2D eigenvalue weighted by molar-refractivity contribution is -0.00732. The molecule has 0 aliphatic carbocycles. The van der Waals surface area contributed by atoms with Gasteiger partial charge in [0.25, 0.3) is 0 Å². The summed E-state index contributed by atoms with van der Waals surface area (Å²) in [6.07, 6.45) is 6.83. The van der Waals surface area contributed by atoms with E-state index in [0.717, 1.165) is 78.4 Å². The second kappa shape index (κ2) is 20.7. The van der Waals surface area contributed by atoms with Gasteiger partial charge in [0.15, 0.2) is 0 Å². The first-order valence-corrected chi connectivity index (χ1v) is 14.5. The van der Waals surface area contributed by atoms with E-state index >= 15 is 0 Å². The van der Waals surface area contributed by atoms with Crippen molar-refractivity contribution in [2.45, 2.75) is 144 Å². The fourth-order valence-corrected chi connectivity index (χ4v) is 2.97. The van der Waals surface area contributed by atoms with E-state index < -0.39 is 0 Å². The van der Waals surface area contributed by atoms with E-state index in [1.54, 1.807) is 0 Å². The summed E-state index contributed by atoms with van der Waals surface area (Å²) >= 11 is 0. The zero-order valence-electron chi connectivity index (χ0n) is 26.6. The van der Waals surface area contributed by atoms with Gasteiger partial charge in [0.2, 0.25) is 0 Å². The van der Waals surface area contributed by atoms with Gasteiger partial charge in [-0.3, -0.25) is 0 Å². The van der Waals surface area contributed by atoms with E-state index in [0.29, 0.717) is 0 Å². The molecule has 0 radical (unpaired) electrons. The highest BCUT2D eigenvalue weighted by molar-refractivity contribution is 4.71. The molecule has 0 saturated heterocycles. The molecule has 36 heavy (non-hydrogen) atoms. The summed E-state index contributed by atoms with van der Waals surface area (Å²) in [5.74, 6) is 0. The van der Waals surface area contributed by atoms with Crippen molar-refractivity contribution in [1.82, 2.24) is 16.0 Å². The fourth-order valence-electron chi connectivity index (χ4n) is 2.97. The highest BCUT2D eigenvalue weighted by atomic mass is 16.5. The van der Waals surface area contributed by atoms with Crippen LogP contribution in [0.25, 0.3) is 0 Å². The Morgan fingerprint density at radius 3 is 1.11 bits per heavy atom. The second-order valence-electron chi connectivity index (χ2n) is 13.8. The van der Waals surface area contributed by atoms with E-state index in [-0.39, 0.29) is 22.2 Å². The molecule has 6 nitrogen and oxygen atoms in total. The van der Waals surface area contributed by atoms with Crippen LogP contribution >= 0.6 is 0 Å². The quantitative estimate of drug-likeness (QED) is 0.185. The summed E-state index contributed by atoms with van der Waals surface area (Å²) in [5, 5.41) is 10.4. The first kappa shape index (κ1) is 37.9. The molecule has 0 aliphatic rings. The molecule has 0 aromatic rings. The molecule has 220 valence electrons. The molecule has 0 bridgehead atoms. The lowest BCUT2D eigenvalue weighted by Gasteiger charge is -2.21. The first-order valence-electron chi connectivity index (χ1n) is 14.5. The number of unbranched alkanes of at least 4 members (excludes halogenated alkanes) is 3. The van der Waals surface area contributed by atoms with Crippen LogP contribution in [-0.2, 0) is 14.2 Å². The van der Waals surface area contributed by atoms with Gasteiger partial charge in [-0.05, 0) is 135 Å². The van der Waals surface area contributed by atoms with Crippen molar-refractivity contribution in [3.63, 3.8) is 0 Å². The van der Waals surface area contributed by atoms with E-state index in [9.17, 15) is 0 Å². The predicted octanol–water partition coefficient (Wildman–Crippen LogP) is 6.33. The summed E-state index contributed by atoms with van der Waals surface area (Å²) in [5.41, 5.74) is 0.645.